The average Bonchev–Trinajstić information content (AvgIpc) is 2.44. The molecule has 5 heteroatoms. The van der Waals surface area contributed by atoms with Crippen molar-refractivity contribution in [1.82, 2.24) is 10.3 Å². The summed E-state index contributed by atoms with van der Waals surface area (Å²) in [6.07, 6.45) is 3.40. The van der Waals surface area contributed by atoms with E-state index >= 15 is 0 Å². The zero-order valence-corrected chi connectivity index (χ0v) is 12.8. The quantitative estimate of drug-likeness (QED) is 0.872. The molecule has 2 aromatic rings. The first kappa shape index (κ1) is 14.9. The molecule has 1 N–H and O–H groups in total. The molecule has 0 aliphatic heterocycles. The fourth-order valence-electron chi connectivity index (χ4n) is 1.80. The van der Waals surface area contributed by atoms with Crippen LogP contribution in [-0.4, -0.2) is 11.5 Å². The van der Waals surface area contributed by atoms with Crippen molar-refractivity contribution >= 4 is 15.9 Å². The fourth-order valence-corrected chi connectivity index (χ4v) is 2.22. The molecule has 1 heterocycles. The molecule has 0 saturated heterocycles. The van der Waals surface area contributed by atoms with Crippen LogP contribution in [0.3, 0.4) is 0 Å². The summed E-state index contributed by atoms with van der Waals surface area (Å²) in [5, 5.41) is 3.17. The molecule has 0 aliphatic rings. The van der Waals surface area contributed by atoms with E-state index in [1.165, 1.54) is 6.07 Å². The van der Waals surface area contributed by atoms with Crippen molar-refractivity contribution in [3.63, 3.8) is 0 Å². The van der Waals surface area contributed by atoms with Crippen LogP contribution in [-0.2, 0) is 13.2 Å². The molecule has 3 nitrogen and oxygen atoms in total. The number of pyridine rings is 1. The highest BCUT2D eigenvalue weighted by Crippen LogP contribution is 2.24. The predicted molar refractivity (Wildman–Crippen MR) is 80.0 cm³/mol. The Balaban J connectivity index is 2.11. The number of halogens is 2. The molecule has 0 bridgehead atoms. The molecule has 20 heavy (non-hydrogen) atoms. The van der Waals surface area contributed by atoms with Gasteiger partial charge in [0.15, 0.2) is 11.6 Å². The van der Waals surface area contributed by atoms with Crippen molar-refractivity contribution < 1.29 is 9.13 Å². The van der Waals surface area contributed by atoms with E-state index < -0.39 is 0 Å². The third-order valence-electron chi connectivity index (χ3n) is 2.76. The standard InChI is InChI=1S/C15H16BrFN2O/c1-2-18-8-12-4-3-5-14(17)15(12)20-10-11-6-13(16)9-19-7-11/h3-7,9,18H,2,8,10H2,1H3. The number of ether oxygens (including phenoxy) is 1. The van der Waals surface area contributed by atoms with Crippen molar-refractivity contribution in [2.75, 3.05) is 6.54 Å². The molecule has 0 unspecified atom stereocenters. The van der Waals surface area contributed by atoms with Gasteiger partial charge in [-0.2, -0.15) is 0 Å². The van der Waals surface area contributed by atoms with Gasteiger partial charge in [0.25, 0.3) is 0 Å². The number of hydrogen-bond acceptors (Lipinski definition) is 3. The summed E-state index contributed by atoms with van der Waals surface area (Å²) in [7, 11) is 0. The van der Waals surface area contributed by atoms with Crippen LogP contribution in [0.25, 0.3) is 0 Å². The van der Waals surface area contributed by atoms with E-state index in [0.29, 0.717) is 12.3 Å². The molecule has 0 amide bonds. The topological polar surface area (TPSA) is 34.1 Å². The van der Waals surface area contributed by atoms with Gasteiger partial charge in [0, 0.05) is 34.5 Å². The first-order valence-electron chi connectivity index (χ1n) is 6.41. The van der Waals surface area contributed by atoms with Crippen LogP contribution in [0.4, 0.5) is 4.39 Å². The van der Waals surface area contributed by atoms with E-state index in [9.17, 15) is 4.39 Å². The lowest BCUT2D eigenvalue weighted by Crippen LogP contribution is -2.13. The highest BCUT2D eigenvalue weighted by Gasteiger charge is 2.10. The molecule has 0 fully saturated rings. The molecule has 0 radical (unpaired) electrons. The van der Waals surface area contributed by atoms with Crippen molar-refractivity contribution in [2.24, 2.45) is 0 Å². The van der Waals surface area contributed by atoms with E-state index in [1.807, 2.05) is 19.1 Å². The highest BCUT2D eigenvalue weighted by atomic mass is 79.9. The monoisotopic (exact) mass is 338 g/mol. The maximum atomic E-state index is 13.9. The van der Waals surface area contributed by atoms with Crippen LogP contribution in [0.1, 0.15) is 18.1 Å². The lowest BCUT2D eigenvalue weighted by molar-refractivity contribution is 0.285. The summed E-state index contributed by atoms with van der Waals surface area (Å²) in [4.78, 5) is 4.06. The van der Waals surface area contributed by atoms with Crippen LogP contribution in [0.15, 0.2) is 41.1 Å². The zero-order chi connectivity index (χ0) is 14.4. The Labute approximate surface area is 126 Å². The number of para-hydroxylation sites is 1. The van der Waals surface area contributed by atoms with Crippen LogP contribution in [0.5, 0.6) is 5.75 Å². The van der Waals surface area contributed by atoms with Crippen molar-refractivity contribution in [1.29, 1.82) is 0 Å². The van der Waals surface area contributed by atoms with E-state index in [4.69, 9.17) is 4.74 Å². The number of rotatable bonds is 6. The average molecular weight is 339 g/mol. The highest BCUT2D eigenvalue weighted by molar-refractivity contribution is 9.10. The van der Waals surface area contributed by atoms with Gasteiger partial charge < -0.3 is 10.1 Å². The Morgan fingerprint density at radius 1 is 1.35 bits per heavy atom. The molecule has 1 aromatic heterocycles. The summed E-state index contributed by atoms with van der Waals surface area (Å²) < 4.78 is 20.4. The van der Waals surface area contributed by atoms with Crippen LogP contribution in [0.2, 0.25) is 0 Å². The Morgan fingerprint density at radius 2 is 2.20 bits per heavy atom. The molecular formula is C15H16BrFN2O. The Hall–Kier alpha value is -1.46. The smallest absolute Gasteiger partial charge is 0.165 e. The second kappa shape index (κ2) is 7.36. The third kappa shape index (κ3) is 4.02. The normalized spacial score (nSPS) is 10.6. The number of aromatic nitrogens is 1. The largest absolute Gasteiger partial charge is 0.485 e. The Bertz CT molecular complexity index is 578. The van der Waals surface area contributed by atoms with E-state index in [-0.39, 0.29) is 12.4 Å². The number of benzene rings is 1. The fraction of sp³-hybridized carbons (Fsp3) is 0.267. The minimum absolute atomic E-state index is 0.284. The van der Waals surface area contributed by atoms with Crippen molar-refractivity contribution in [3.05, 3.63) is 58.1 Å². The van der Waals surface area contributed by atoms with Crippen molar-refractivity contribution in [3.8, 4) is 5.75 Å². The molecule has 2 rings (SSSR count). The summed E-state index contributed by atoms with van der Waals surface area (Å²) in [6.45, 7) is 3.70. The molecule has 0 spiro atoms. The van der Waals surface area contributed by atoms with Crippen LogP contribution in [0, 0.1) is 5.82 Å². The minimum atomic E-state index is -0.344. The van der Waals surface area contributed by atoms with Gasteiger partial charge in [-0.05, 0) is 34.6 Å². The van der Waals surface area contributed by atoms with Crippen molar-refractivity contribution in [2.45, 2.75) is 20.1 Å². The number of nitrogens with one attached hydrogen (secondary N) is 1. The van der Waals surface area contributed by atoms with Gasteiger partial charge >= 0.3 is 0 Å². The first-order valence-corrected chi connectivity index (χ1v) is 7.20. The summed E-state index contributed by atoms with van der Waals surface area (Å²) >= 11 is 3.35. The second-order valence-electron chi connectivity index (χ2n) is 4.31. The minimum Gasteiger partial charge on any atom is -0.485 e. The summed E-state index contributed by atoms with van der Waals surface area (Å²) in [5.74, 6) is -0.0446. The summed E-state index contributed by atoms with van der Waals surface area (Å²) in [6, 6.07) is 6.86. The van der Waals surface area contributed by atoms with E-state index in [1.54, 1.807) is 18.5 Å². The summed E-state index contributed by atoms with van der Waals surface area (Å²) in [5.41, 5.74) is 1.70. The molecule has 0 saturated carbocycles. The maximum Gasteiger partial charge on any atom is 0.165 e. The van der Waals surface area contributed by atoms with Gasteiger partial charge in [-0.25, -0.2) is 4.39 Å². The second-order valence-corrected chi connectivity index (χ2v) is 5.22. The molecule has 0 aliphatic carbocycles. The van der Waals surface area contributed by atoms with Gasteiger partial charge in [-0.15, -0.1) is 0 Å². The van der Waals surface area contributed by atoms with E-state index in [2.05, 4.69) is 26.2 Å². The molecule has 1 aromatic carbocycles. The van der Waals surface area contributed by atoms with Gasteiger partial charge in [0.2, 0.25) is 0 Å². The van der Waals surface area contributed by atoms with Gasteiger partial charge in [-0.3, -0.25) is 4.98 Å². The lowest BCUT2D eigenvalue weighted by Gasteiger charge is -2.12. The molecule has 106 valence electrons. The van der Waals surface area contributed by atoms with Gasteiger partial charge in [0.1, 0.15) is 6.61 Å². The van der Waals surface area contributed by atoms with Gasteiger partial charge in [-0.1, -0.05) is 19.1 Å². The number of nitrogens with zero attached hydrogens (tertiary/aromatic N) is 1. The number of hydrogen-bond donors (Lipinski definition) is 1. The van der Waals surface area contributed by atoms with Gasteiger partial charge in [0.05, 0.1) is 0 Å². The van der Waals surface area contributed by atoms with E-state index in [0.717, 1.165) is 22.1 Å². The predicted octanol–water partition coefficient (Wildman–Crippen LogP) is 3.67. The zero-order valence-electron chi connectivity index (χ0n) is 11.2. The Morgan fingerprint density at radius 3 is 2.95 bits per heavy atom. The molecule has 0 atom stereocenters. The molecular weight excluding hydrogens is 323 g/mol. The van der Waals surface area contributed by atoms with Crippen LogP contribution >= 0.6 is 15.9 Å². The third-order valence-corrected chi connectivity index (χ3v) is 3.19. The van der Waals surface area contributed by atoms with Crippen LogP contribution < -0.4 is 10.1 Å². The first-order chi connectivity index (χ1) is 9.70. The Kier molecular flexibility index (Phi) is 5.49. The lowest BCUT2D eigenvalue weighted by atomic mass is 10.2. The SMILES string of the molecule is CCNCc1cccc(F)c1OCc1cncc(Br)c1. The maximum absolute atomic E-state index is 13.9.